The summed E-state index contributed by atoms with van der Waals surface area (Å²) in [7, 11) is 0. The number of unbranched alkanes of at least 4 members (excludes halogenated alkanes) is 7. The van der Waals surface area contributed by atoms with E-state index >= 15 is 0 Å². The molecule has 0 aliphatic rings. The third-order valence-corrected chi connectivity index (χ3v) is 4.42. The number of rotatable bonds is 17. The van der Waals surface area contributed by atoms with E-state index in [0.717, 1.165) is 44.9 Å². The van der Waals surface area contributed by atoms with Crippen LogP contribution in [-0.2, 0) is 9.53 Å². The quantitative estimate of drug-likeness (QED) is 0.130. The van der Waals surface area contributed by atoms with Crippen LogP contribution in [0.1, 0.15) is 90.9 Å². The Balaban J connectivity index is 3.87. The zero-order valence-corrected chi connectivity index (χ0v) is 16.5. The van der Waals surface area contributed by atoms with Crippen LogP contribution in [0.5, 0.6) is 0 Å². The van der Waals surface area contributed by atoms with E-state index in [2.05, 4.69) is 6.92 Å². The van der Waals surface area contributed by atoms with Gasteiger partial charge in [-0.25, -0.2) is 0 Å². The molecule has 0 heterocycles. The lowest BCUT2D eigenvalue weighted by Gasteiger charge is -2.14. The molecular weight excluding hydrogens is 334 g/mol. The lowest BCUT2D eigenvalue weighted by Crippen LogP contribution is -2.33. The first-order valence-corrected chi connectivity index (χ1v) is 10.1. The Kier molecular flexibility index (Phi) is 16.1. The Bertz CT molecular complexity index is 398. The summed E-state index contributed by atoms with van der Waals surface area (Å²) in [5, 5.41) is 21.3. The Hall–Kier alpha value is -1.43. The summed E-state index contributed by atoms with van der Waals surface area (Å²) in [6, 6.07) is -0.894. The molecule has 2 unspecified atom stereocenters. The van der Waals surface area contributed by atoms with Gasteiger partial charge < -0.3 is 9.84 Å². The maximum Gasteiger partial charge on any atom is 0.305 e. The minimum Gasteiger partial charge on any atom is -0.466 e. The summed E-state index contributed by atoms with van der Waals surface area (Å²) in [4.78, 5) is 22.0. The molecule has 0 aromatic heterocycles. The molecule has 0 saturated heterocycles. The van der Waals surface area contributed by atoms with E-state index in [1.54, 1.807) is 6.92 Å². The molecule has 0 rings (SSSR count). The highest BCUT2D eigenvalue weighted by Crippen LogP contribution is 2.15. The van der Waals surface area contributed by atoms with Crippen LogP contribution in [0.4, 0.5) is 0 Å². The number of carbonyl (C=O) groups excluding carboxylic acids is 1. The lowest BCUT2D eigenvalue weighted by molar-refractivity contribution is -0.535. The van der Waals surface area contributed by atoms with Crippen LogP contribution < -0.4 is 0 Å². The summed E-state index contributed by atoms with van der Waals surface area (Å²) in [5.74, 6) is -0.160. The van der Waals surface area contributed by atoms with Crippen LogP contribution in [-0.4, -0.2) is 34.8 Å². The molecule has 26 heavy (non-hydrogen) atoms. The molecule has 0 aromatic carbocycles. The van der Waals surface area contributed by atoms with Crippen LogP contribution in [0.15, 0.2) is 12.2 Å². The van der Waals surface area contributed by atoms with Gasteiger partial charge in [0.15, 0.2) is 0 Å². The number of ether oxygens (including phenoxy) is 1. The predicted molar refractivity (Wildman–Crippen MR) is 104 cm³/mol. The van der Waals surface area contributed by atoms with Gasteiger partial charge in [0.1, 0.15) is 6.10 Å². The van der Waals surface area contributed by atoms with Gasteiger partial charge in [0, 0.05) is 17.8 Å². The second kappa shape index (κ2) is 17.0. The van der Waals surface area contributed by atoms with E-state index in [1.807, 2.05) is 12.2 Å². The zero-order valence-electron chi connectivity index (χ0n) is 16.5. The van der Waals surface area contributed by atoms with Gasteiger partial charge in [-0.1, -0.05) is 51.2 Å². The minimum absolute atomic E-state index is 0.160. The second-order valence-electron chi connectivity index (χ2n) is 6.73. The first kappa shape index (κ1) is 24.6. The Labute approximate surface area is 158 Å². The number of nitrogens with zero attached hydrogens (tertiary/aromatic N) is 1. The second-order valence-corrected chi connectivity index (χ2v) is 6.73. The van der Waals surface area contributed by atoms with Crippen molar-refractivity contribution in [2.45, 2.75) is 103 Å². The molecule has 0 aliphatic carbocycles. The van der Waals surface area contributed by atoms with Gasteiger partial charge in [0.05, 0.1) is 6.61 Å². The molecule has 1 N–H and O–H groups in total. The Morgan fingerprint density at radius 2 is 1.77 bits per heavy atom. The van der Waals surface area contributed by atoms with Gasteiger partial charge in [0.25, 0.3) is 0 Å². The number of aliphatic hydroxyl groups excluding tert-OH is 1. The lowest BCUT2D eigenvalue weighted by atomic mass is 10.00. The molecule has 6 nitrogen and oxygen atoms in total. The van der Waals surface area contributed by atoms with Crippen molar-refractivity contribution in [1.29, 1.82) is 0 Å². The Morgan fingerprint density at radius 3 is 2.42 bits per heavy atom. The van der Waals surface area contributed by atoms with Crippen molar-refractivity contribution >= 4 is 5.97 Å². The molecule has 152 valence electrons. The topological polar surface area (TPSA) is 89.7 Å². The number of aliphatic hydroxyl groups is 1. The maximum absolute atomic E-state index is 11.2. The third kappa shape index (κ3) is 13.8. The molecule has 0 saturated carbocycles. The molecule has 0 bridgehead atoms. The van der Waals surface area contributed by atoms with E-state index in [0.29, 0.717) is 25.9 Å². The van der Waals surface area contributed by atoms with Crippen molar-refractivity contribution in [3.63, 3.8) is 0 Å². The van der Waals surface area contributed by atoms with Crippen molar-refractivity contribution in [2.75, 3.05) is 6.61 Å². The minimum atomic E-state index is -0.920. The fourth-order valence-corrected chi connectivity index (χ4v) is 2.85. The number of hydrogen-bond donors (Lipinski definition) is 1. The van der Waals surface area contributed by atoms with Gasteiger partial charge in [0.2, 0.25) is 6.04 Å². The average Bonchev–Trinajstić information content (AvgIpc) is 2.60. The predicted octanol–water partition coefficient (Wildman–Crippen LogP) is 4.81. The molecule has 0 amide bonds. The fraction of sp³-hybridized carbons (Fsp3) is 0.850. The first-order valence-electron chi connectivity index (χ1n) is 10.1. The molecule has 0 radical (unpaired) electrons. The number of nitro groups is 1. The molecule has 0 spiro atoms. The molecule has 0 fully saturated rings. The van der Waals surface area contributed by atoms with Crippen molar-refractivity contribution in [2.24, 2.45) is 0 Å². The highest BCUT2D eigenvalue weighted by Gasteiger charge is 2.28. The van der Waals surface area contributed by atoms with Crippen molar-refractivity contribution in [1.82, 2.24) is 0 Å². The SMILES string of the molecule is CCCCC/C=C\CC(O)C(CCCCCCCC(=O)OCC)[N+](=O)[O-]. The number of esters is 1. The summed E-state index contributed by atoms with van der Waals surface area (Å²) in [6.07, 6.45) is 12.9. The van der Waals surface area contributed by atoms with Crippen molar-refractivity contribution in [3.8, 4) is 0 Å². The molecule has 0 aliphatic heterocycles. The van der Waals surface area contributed by atoms with Crippen LogP contribution in [0, 0.1) is 10.1 Å². The normalized spacial score (nSPS) is 13.7. The average molecular weight is 372 g/mol. The molecule has 6 heteroatoms. The van der Waals surface area contributed by atoms with Gasteiger partial charge in [-0.15, -0.1) is 0 Å². The smallest absolute Gasteiger partial charge is 0.305 e. The van der Waals surface area contributed by atoms with Crippen LogP contribution in [0.3, 0.4) is 0 Å². The largest absolute Gasteiger partial charge is 0.466 e. The van der Waals surface area contributed by atoms with Gasteiger partial charge in [-0.05, 0) is 39.0 Å². The maximum atomic E-state index is 11.2. The van der Waals surface area contributed by atoms with E-state index in [9.17, 15) is 20.0 Å². The van der Waals surface area contributed by atoms with Crippen molar-refractivity contribution in [3.05, 3.63) is 22.3 Å². The zero-order chi connectivity index (χ0) is 19.6. The van der Waals surface area contributed by atoms with Crippen LogP contribution in [0.25, 0.3) is 0 Å². The van der Waals surface area contributed by atoms with Crippen LogP contribution >= 0.6 is 0 Å². The van der Waals surface area contributed by atoms with Gasteiger partial charge in [-0.2, -0.15) is 0 Å². The van der Waals surface area contributed by atoms with E-state index in [4.69, 9.17) is 4.74 Å². The van der Waals surface area contributed by atoms with Gasteiger partial charge in [-0.3, -0.25) is 14.9 Å². The number of allylic oxidation sites excluding steroid dienone is 1. The highest BCUT2D eigenvalue weighted by molar-refractivity contribution is 5.69. The molecule has 0 aromatic rings. The summed E-state index contributed by atoms with van der Waals surface area (Å²) >= 11 is 0. The molecular formula is C20H37NO5. The first-order chi connectivity index (χ1) is 12.5. The van der Waals surface area contributed by atoms with Crippen molar-refractivity contribution < 1.29 is 19.6 Å². The number of hydrogen-bond acceptors (Lipinski definition) is 5. The highest BCUT2D eigenvalue weighted by atomic mass is 16.6. The molecule has 2 atom stereocenters. The standard InChI is InChI=1S/C20H37NO5/c1-3-5-6-7-10-13-16-19(22)18(21(24)25)15-12-9-8-11-14-17-20(23)26-4-2/h10,13,18-19,22H,3-9,11-12,14-17H2,1-2H3/b13-10-. The third-order valence-electron chi connectivity index (χ3n) is 4.42. The summed E-state index contributed by atoms with van der Waals surface area (Å²) in [5.41, 5.74) is 0. The Morgan fingerprint density at radius 1 is 1.08 bits per heavy atom. The number of carbonyl (C=O) groups is 1. The summed E-state index contributed by atoms with van der Waals surface area (Å²) in [6.45, 7) is 4.35. The van der Waals surface area contributed by atoms with Crippen LogP contribution in [0.2, 0.25) is 0 Å². The van der Waals surface area contributed by atoms with Gasteiger partial charge >= 0.3 is 5.97 Å². The summed E-state index contributed by atoms with van der Waals surface area (Å²) < 4.78 is 4.87. The van der Waals surface area contributed by atoms with E-state index in [1.165, 1.54) is 12.8 Å². The van der Waals surface area contributed by atoms with E-state index < -0.39 is 12.1 Å². The monoisotopic (exact) mass is 371 g/mol. The fourth-order valence-electron chi connectivity index (χ4n) is 2.85. The van der Waals surface area contributed by atoms with E-state index in [-0.39, 0.29) is 10.9 Å².